The highest BCUT2D eigenvalue weighted by molar-refractivity contribution is 4.95. The Morgan fingerprint density at radius 2 is 2.44 bits per heavy atom. The maximum atomic E-state index is 5.84. The van der Waals surface area contributed by atoms with Crippen molar-refractivity contribution in [2.24, 2.45) is 5.92 Å². The van der Waals surface area contributed by atoms with Gasteiger partial charge in [-0.2, -0.15) is 0 Å². The molecule has 0 aromatic carbocycles. The van der Waals surface area contributed by atoms with Crippen LogP contribution < -0.4 is 0 Å². The minimum atomic E-state index is 0.0276. The Morgan fingerprint density at radius 3 is 3.11 bits per heavy atom. The molecular weight excluding hydrogens is 230 g/mol. The van der Waals surface area contributed by atoms with Crippen molar-refractivity contribution in [1.29, 1.82) is 0 Å². The SMILES string of the molecule is CCC(CCc1ccon1)COC1CCCCO1. The van der Waals surface area contributed by atoms with Gasteiger partial charge in [-0.25, -0.2) is 0 Å². The molecule has 0 spiro atoms. The van der Waals surface area contributed by atoms with Gasteiger partial charge in [0.25, 0.3) is 0 Å². The zero-order valence-electron chi connectivity index (χ0n) is 11.1. The molecule has 2 heterocycles. The average molecular weight is 253 g/mol. The average Bonchev–Trinajstić information content (AvgIpc) is 2.93. The van der Waals surface area contributed by atoms with Crippen molar-refractivity contribution in [2.45, 2.75) is 51.7 Å². The third-order valence-corrected chi connectivity index (χ3v) is 3.53. The van der Waals surface area contributed by atoms with Gasteiger partial charge in [-0.3, -0.25) is 0 Å². The van der Waals surface area contributed by atoms with E-state index in [0.717, 1.165) is 44.6 Å². The second kappa shape index (κ2) is 7.54. The lowest BCUT2D eigenvalue weighted by atomic mass is 10.0. The smallest absolute Gasteiger partial charge is 0.157 e. The third kappa shape index (κ3) is 4.42. The molecule has 2 unspecified atom stereocenters. The molecule has 1 aliphatic heterocycles. The van der Waals surface area contributed by atoms with E-state index in [1.807, 2.05) is 6.07 Å². The Hall–Kier alpha value is -0.870. The van der Waals surface area contributed by atoms with Crippen molar-refractivity contribution in [3.8, 4) is 0 Å². The first-order valence-corrected chi connectivity index (χ1v) is 7.01. The molecule has 2 rings (SSSR count). The first kappa shape index (κ1) is 13.6. The predicted octanol–water partition coefficient (Wildman–Crippen LogP) is 3.18. The summed E-state index contributed by atoms with van der Waals surface area (Å²) in [6.45, 7) is 3.85. The number of rotatable bonds is 7. The molecule has 2 atom stereocenters. The molecule has 0 bridgehead atoms. The van der Waals surface area contributed by atoms with Crippen molar-refractivity contribution in [2.75, 3.05) is 13.2 Å². The van der Waals surface area contributed by atoms with E-state index in [9.17, 15) is 0 Å². The van der Waals surface area contributed by atoms with Crippen LogP contribution in [0.15, 0.2) is 16.9 Å². The van der Waals surface area contributed by atoms with Gasteiger partial charge in [0.05, 0.1) is 12.3 Å². The van der Waals surface area contributed by atoms with Crippen LogP contribution in [-0.2, 0) is 15.9 Å². The highest BCUT2D eigenvalue weighted by atomic mass is 16.7. The van der Waals surface area contributed by atoms with Crippen molar-refractivity contribution in [3.63, 3.8) is 0 Å². The molecule has 18 heavy (non-hydrogen) atoms. The summed E-state index contributed by atoms with van der Waals surface area (Å²) >= 11 is 0. The molecule has 102 valence electrons. The number of hydrogen-bond acceptors (Lipinski definition) is 4. The van der Waals surface area contributed by atoms with Gasteiger partial charge in [0.1, 0.15) is 6.26 Å². The lowest BCUT2D eigenvalue weighted by molar-refractivity contribution is -0.169. The summed E-state index contributed by atoms with van der Waals surface area (Å²) in [6, 6.07) is 1.93. The van der Waals surface area contributed by atoms with Gasteiger partial charge in [0.2, 0.25) is 0 Å². The molecule has 1 saturated heterocycles. The lowest BCUT2D eigenvalue weighted by Crippen LogP contribution is -2.25. The largest absolute Gasteiger partial charge is 0.365 e. The molecule has 0 saturated carbocycles. The summed E-state index contributed by atoms with van der Waals surface area (Å²) in [5, 5.41) is 3.93. The minimum Gasteiger partial charge on any atom is -0.365 e. The van der Waals surface area contributed by atoms with E-state index in [0.29, 0.717) is 5.92 Å². The molecule has 0 radical (unpaired) electrons. The molecule has 0 N–H and O–H groups in total. The van der Waals surface area contributed by atoms with Crippen LogP contribution in [0.4, 0.5) is 0 Å². The van der Waals surface area contributed by atoms with Gasteiger partial charge in [-0.15, -0.1) is 0 Å². The van der Waals surface area contributed by atoms with Crippen LogP contribution in [0.3, 0.4) is 0 Å². The van der Waals surface area contributed by atoms with Gasteiger partial charge in [-0.1, -0.05) is 18.5 Å². The first-order valence-electron chi connectivity index (χ1n) is 7.01. The van der Waals surface area contributed by atoms with Crippen LogP contribution in [0.25, 0.3) is 0 Å². The summed E-state index contributed by atoms with van der Waals surface area (Å²) in [5.74, 6) is 0.576. The number of hydrogen-bond donors (Lipinski definition) is 0. The molecule has 1 fully saturated rings. The maximum Gasteiger partial charge on any atom is 0.157 e. The molecule has 1 aliphatic rings. The van der Waals surface area contributed by atoms with Crippen LogP contribution in [0, 0.1) is 5.92 Å². The molecule has 0 aliphatic carbocycles. The van der Waals surface area contributed by atoms with Crippen molar-refractivity contribution in [3.05, 3.63) is 18.0 Å². The fourth-order valence-electron chi connectivity index (χ4n) is 2.21. The van der Waals surface area contributed by atoms with Crippen molar-refractivity contribution < 1.29 is 14.0 Å². The Morgan fingerprint density at radius 1 is 1.50 bits per heavy atom. The number of nitrogens with zero attached hydrogens (tertiary/aromatic N) is 1. The normalized spacial score (nSPS) is 21.9. The monoisotopic (exact) mass is 253 g/mol. The van der Waals surface area contributed by atoms with Crippen LogP contribution >= 0.6 is 0 Å². The minimum absolute atomic E-state index is 0.0276. The highest BCUT2D eigenvalue weighted by Gasteiger charge is 2.16. The molecule has 1 aromatic rings. The molecule has 4 heteroatoms. The maximum absolute atomic E-state index is 5.84. The Labute approximate surface area is 109 Å². The summed E-state index contributed by atoms with van der Waals surface area (Å²) in [4.78, 5) is 0. The number of aryl methyl sites for hydroxylation is 1. The Kier molecular flexibility index (Phi) is 5.68. The van der Waals surface area contributed by atoms with E-state index in [1.165, 1.54) is 12.8 Å². The number of aromatic nitrogens is 1. The fourth-order valence-corrected chi connectivity index (χ4v) is 2.21. The van der Waals surface area contributed by atoms with Crippen molar-refractivity contribution >= 4 is 0 Å². The summed E-state index contributed by atoms with van der Waals surface area (Å²) in [5.41, 5.74) is 1.03. The van der Waals surface area contributed by atoms with Gasteiger partial charge in [0, 0.05) is 12.7 Å². The standard InChI is InChI=1S/C14H23NO3/c1-2-12(6-7-13-8-10-18-15-13)11-17-14-5-3-4-9-16-14/h8,10,12,14H,2-7,9,11H2,1H3. The third-order valence-electron chi connectivity index (χ3n) is 3.53. The van der Waals surface area contributed by atoms with E-state index >= 15 is 0 Å². The summed E-state index contributed by atoms with van der Waals surface area (Å²) in [7, 11) is 0. The predicted molar refractivity (Wildman–Crippen MR) is 68.1 cm³/mol. The zero-order valence-corrected chi connectivity index (χ0v) is 11.1. The quantitative estimate of drug-likeness (QED) is 0.748. The Bertz CT molecular complexity index is 307. The molecule has 0 amide bonds. The second-order valence-electron chi connectivity index (χ2n) is 4.93. The summed E-state index contributed by atoms with van der Waals surface area (Å²) < 4.78 is 16.2. The van der Waals surface area contributed by atoms with E-state index in [1.54, 1.807) is 6.26 Å². The second-order valence-corrected chi connectivity index (χ2v) is 4.93. The van der Waals surface area contributed by atoms with Gasteiger partial charge >= 0.3 is 0 Å². The van der Waals surface area contributed by atoms with E-state index < -0.39 is 0 Å². The van der Waals surface area contributed by atoms with Crippen LogP contribution in [0.2, 0.25) is 0 Å². The Balaban J connectivity index is 1.65. The molecule has 1 aromatic heterocycles. The van der Waals surface area contributed by atoms with Crippen LogP contribution in [-0.4, -0.2) is 24.7 Å². The van der Waals surface area contributed by atoms with E-state index in [-0.39, 0.29) is 6.29 Å². The highest BCUT2D eigenvalue weighted by Crippen LogP contribution is 2.18. The molecular formula is C14H23NO3. The fraction of sp³-hybridized carbons (Fsp3) is 0.786. The zero-order chi connectivity index (χ0) is 12.6. The van der Waals surface area contributed by atoms with Crippen molar-refractivity contribution in [1.82, 2.24) is 5.16 Å². The van der Waals surface area contributed by atoms with Gasteiger partial charge in [-0.05, 0) is 38.0 Å². The van der Waals surface area contributed by atoms with E-state index in [4.69, 9.17) is 14.0 Å². The van der Waals surface area contributed by atoms with Gasteiger partial charge in [0.15, 0.2) is 6.29 Å². The topological polar surface area (TPSA) is 44.5 Å². The lowest BCUT2D eigenvalue weighted by Gasteiger charge is -2.25. The van der Waals surface area contributed by atoms with Crippen LogP contribution in [0.5, 0.6) is 0 Å². The molecule has 4 nitrogen and oxygen atoms in total. The summed E-state index contributed by atoms with van der Waals surface area (Å²) in [6.07, 6.45) is 8.27. The number of ether oxygens (including phenoxy) is 2. The van der Waals surface area contributed by atoms with Crippen LogP contribution in [0.1, 0.15) is 44.7 Å². The van der Waals surface area contributed by atoms with E-state index in [2.05, 4.69) is 12.1 Å². The van der Waals surface area contributed by atoms with Gasteiger partial charge < -0.3 is 14.0 Å². The first-order chi connectivity index (χ1) is 8.88.